The molecule has 0 aliphatic heterocycles. The average Bonchev–Trinajstić information content (AvgIpc) is 3.01. The lowest BCUT2D eigenvalue weighted by atomic mass is 9.85. The number of aryl methyl sites for hydroxylation is 4. The molecule has 2 nitrogen and oxygen atoms in total. The molecule has 0 aliphatic carbocycles. The van der Waals surface area contributed by atoms with Gasteiger partial charge < -0.3 is 0 Å². The Hall–Kier alpha value is -5.08. The van der Waals surface area contributed by atoms with Crippen molar-refractivity contribution in [2.45, 2.75) is 27.7 Å². The summed E-state index contributed by atoms with van der Waals surface area (Å²) in [6, 6.07) is 29.7. The number of pyridine rings is 2. The Kier molecular flexibility index (Phi) is 5.84. The largest absolute Gasteiger partial charge is 0.263 e. The summed E-state index contributed by atoms with van der Waals surface area (Å²) in [5.74, 6) is 0. The smallest absolute Gasteiger partial charge is 0.0623 e. The fraction of sp³-hybridized carbons (Fsp3) is 0.100. The van der Waals surface area contributed by atoms with Crippen molar-refractivity contribution in [3.63, 3.8) is 0 Å². The summed E-state index contributed by atoms with van der Waals surface area (Å²) in [7, 11) is 0. The first kappa shape index (κ1) is 23.6. The summed E-state index contributed by atoms with van der Waals surface area (Å²) >= 11 is 0. The quantitative estimate of drug-likeness (QED) is 0.207. The molecule has 0 unspecified atom stereocenters. The van der Waals surface area contributed by atoms with Crippen LogP contribution in [0.2, 0.25) is 0 Å². The van der Waals surface area contributed by atoms with Crippen molar-refractivity contribution in [2.24, 2.45) is 0 Å². The summed E-state index contributed by atoms with van der Waals surface area (Å²) in [5, 5.41) is 4.00. The van der Waals surface area contributed by atoms with Crippen LogP contribution in [-0.2, 0) is 0 Å². The van der Waals surface area contributed by atoms with Gasteiger partial charge in [-0.2, -0.15) is 0 Å². The van der Waals surface area contributed by atoms with Crippen molar-refractivity contribution in [2.75, 3.05) is 0 Å². The molecular formula is C40H32N2. The molecule has 0 bridgehead atoms. The molecule has 0 spiro atoms. The molecule has 2 aromatic heterocycles. The predicted molar refractivity (Wildman–Crippen MR) is 178 cm³/mol. The Morgan fingerprint density at radius 1 is 0.405 bits per heavy atom. The van der Waals surface area contributed by atoms with Crippen molar-refractivity contribution in [3.05, 3.63) is 144 Å². The lowest BCUT2D eigenvalue weighted by Crippen LogP contribution is -1.94. The number of nitrogens with zero attached hydrogens (tertiary/aromatic N) is 2. The molecule has 0 saturated heterocycles. The Labute approximate surface area is 250 Å². The van der Waals surface area contributed by atoms with E-state index in [0.717, 1.165) is 54.9 Å². The number of fused-ring (bicyclic) bond motifs is 2. The molecule has 0 fully saturated rings. The van der Waals surface area contributed by atoms with Gasteiger partial charge in [0.25, 0.3) is 0 Å². The fourth-order valence-electron chi connectivity index (χ4n) is 6.59. The Balaban J connectivity index is 1.55. The van der Waals surface area contributed by atoms with Gasteiger partial charge in [0.15, 0.2) is 0 Å². The van der Waals surface area contributed by atoms with E-state index < -0.39 is 0 Å². The second-order valence-corrected chi connectivity index (χ2v) is 11.2. The lowest BCUT2D eigenvalue weighted by Gasteiger charge is -2.19. The molecule has 0 aliphatic rings. The molecule has 0 atom stereocenters. The van der Waals surface area contributed by atoms with E-state index >= 15 is 0 Å². The molecule has 2 heterocycles. The highest BCUT2D eigenvalue weighted by Gasteiger charge is 2.18. The van der Waals surface area contributed by atoms with Crippen LogP contribution in [0.3, 0.4) is 0 Å². The molecule has 0 radical (unpaired) electrons. The second kappa shape index (κ2) is 10.4. The van der Waals surface area contributed by atoms with Gasteiger partial charge in [0.2, 0.25) is 0 Å². The maximum atomic E-state index is 8.66. The van der Waals surface area contributed by atoms with Crippen LogP contribution in [-0.4, -0.2) is 9.97 Å². The predicted octanol–water partition coefficient (Wildman–Crippen LogP) is 10.7. The van der Waals surface area contributed by atoms with Crippen LogP contribution in [0, 0.1) is 27.7 Å². The van der Waals surface area contributed by atoms with Gasteiger partial charge in [0.05, 0.1) is 2.74 Å². The molecular weight excluding hydrogens is 508 g/mol. The summed E-state index contributed by atoms with van der Waals surface area (Å²) in [5.41, 5.74) is 13.3. The molecule has 7 aromatic rings. The fourth-order valence-corrected chi connectivity index (χ4v) is 6.59. The second-order valence-electron chi connectivity index (χ2n) is 11.2. The van der Waals surface area contributed by atoms with Crippen molar-refractivity contribution in [1.29, 1.82) is 0 Å². The van der Waals surface area contributed by atoms with Crippen LogP contribution < -0.4 is 0 Å². The highest BCUT2D eigenvalue weighted by atomic mass is 14.6. The zero-order chi connectivity index (χ0) is 30.5. The third kappa shape index (κ3) is 4.28. The van der Waals surface area contributed by atoms with E-state index in [1.165, 1.54) is 33.4 Å². The summed E-state index contributed by atoms with van der Waals surface area (Å²) in [6.07, 6.45) is 7.69. The van der Waals surface area contributed by atoms with Crippen LogP contribution in [0.1, 0.15) is 25.0 Å². The minimum atomic E-state index is 0.196. The maximum absolute atomic E-state index is 8.66. The van der Waals surface area contributed by atoms with Gasteiger partial charge in [-0.25, -0.2) is 0 Å². The molecule has 7 rings (SSSR count). The van der Waals surface area contributed by atoms with Gasteiger partial charge in [-0.1, -0.05) is 84.9 Å². The monoisotopic (exact) mass is 542 g/mol. The molecule has 0 saturated carbocycles. The van der Waals surface area contributed by atoms with Gasteiger partial charge in [-0.15, -0.1) is 0 Å². The Morgan fingerprint density at radius 2 is 0.738 bits per heavy atom. The first-order chi connectivity index (χ1) is 21.3. The highest BCUT2D eigenvalue weighted by Crippen LogP contribution is 2.44. The average molecular weight is 543 g/mol. The minimum Gasteiger partial charge on any atom is -0.263 e. The summed E-state index contributed by atoms with van der Waals surface area (Å²) < 4.78 is 17.3. The third-order valence-corrected chi connectivity index (χ3v) is 8.40. The van der Waals surface area contributed by atoms with Crippen LogP contribution in [0.15, 0.2) is 122 Å². The van der Waals surface area contributed by atoms with E-state index in [-0.39, 0.29) is 12.1 Å². The third-order valence-electron chi connectivity index (χ3n) is 8.40. The van der Waals surface area contributed by atoms with Crippen LogP contribution in [0.5, 0.6) is 0 Å². The van der Waals surface area contributed by atoms with Crippen LogP contribution in [0.25, 0.3) is 66.1 Å². The molecule has 42 heavy (non-hydrogen) atoms. The highest BCUT2D eigenvalue weighted by molar-refractivity contribution is 6.21. The van der Waals surface area contributed by atoms with E-state index in [1.54, 1.807) is 0 Å². The zero-order valence-corrected chi connectivity index (χ0v) is 24.3. The van der Waals surface area contributed by atoms with E-state index in [9.17, 15) is 0 Å². The molecule has 5 aromatic carbocycles. The van der Waals surface area contributed by atoms with Crippen molar-refractivity contribution >= 4 is 21.5 Å². The SMILES string of the molecule is [2H]c1cc2c(-c3cncc(-c4c(C)cccc4C)c3)c3ccccc3c(-c3cncc(-c4c(C)cccc4C)c3)c2cc1[2H]. The normalized spacial score (nSPS) is 12.0. The van der Waals surface area contributed by atoms with E-state index in [2.05, 4.69) is 100 Å². The van der Waals surface area contributed by atoms with E-state index in [1.807, 2.05) is 36.9 Å². The number of aromatic nitrogens is 2. The Bertz CT molecular complexity index is 2050. The molecule has 0 amide bonds. The maximum Gasteiger partial charge on any atom is 0.0623 e. The first-order valence-corrected chi connectivity index (χ1v) is 14.3. The van der Waals surface area contributed by atoms with E-state index in [0.29, 0.717) is 0 Å². The summed E-state index contributed by atoms with van der Waals surface area (Å²) in [4.78, 5) is 9.44. The Morgan fingerprint density at radius 3 is 1.12 bits per heavy atom. The van der Waals surface area contributed by atoms with Crippen molar-refractivity contribution < 1.29 is 2.74 Å². The van der Waals surface area contributed by atoms with Crippen LogP contribution in [0.4, 0.5) is 0 Å². The molecule has 202 valence electrons. The number of hydrogen-bond acceptors (Lipinski definition) is 2. The van der Waals surface area contributed by atoms with Crippen molar-refractivity contribution in [3.8, 4) is 44.5 Å². The molecule has 0 N–H and O–H groups in total. The van der Waals surface area contributed by atoms with Crippen molar-refractivity contribution in [1.82, 2.24) is 9.97 Å². The number of hydrogen-bond donors (Lipinski definition) is 0. The minimum absolute atomic E-state index is 0.196. The number of rotatable bonds is 4. The van der Waals surface area contributed by atoms with Gasteiger partial charge in [-0.3, -0.25) is 9.97 Å². The topological polar surface area (TPSA) is 25.8 Å². The standard InChI is InChI=1S/C40H32N2/c1-25-11-9-12-26(2)37(25)29-19-31(23-41-21-29)39-33-15-5-7-17-35(33)40(36-18-8-6-16-34(36)39)32-20-30(22-42-24-32)38-27(3)13-10-14-28(38)4/h5-24H,1-4H3/i5D,7D. The van der Waals surface area contributed by atoms with Gasteiger partial charge >= 0.3 is 0 Å². The van der Waals surface area contributed by atoms with E-state index in [4.69, 9.17) is 12.7 Å². The summed E-state index contributed by atoms with van der Waals surface area (Å²) in [6.45, 7) is 8.54. The lowest BCUT2D eigenvalue weighted by molar-refractivity contribution is 1.30. The zero-order valence-electron chi connectivity index (χ0n) is 26.3. The molecule has 2 heteroatoms. The van der Waals surface area contributed by atoms with Gasteiger partial charge in [0, 0.05) is 47.0 Å². The van der Waals surface area contributed by atoms with Crippen LogP contribution >= 0.6 is 0 Å². The number of benzene rings is 5. The van der Waals surface area contributed by atoms with Gasteiger partial charge in [-0.05, 0) is 106 Å². The van der Waals surface area contributed by atoms with Gasteiger partial charge in [0.1, 0.15) is 0 Å². The first-order valence-electron chi connectivity index (χ1n) is 15.3.